The highest BCUT2D eigenvalue weighted by molar-refractivity contribution is 5.48. The molecule has 0 radical (unpaired) electrons. The standard InChI is InChI=1S/C14H19N3O3/c1-4-11-5-6-13(12(9-11)17(18)19)20-8-7-14(2,10-15)16-3/h5-6,9,16H,4,7-8H2,1-3H3. The van der Waals surface area contributed by atoms with E-state index in [0.29, 0.717) is 6.42 Å². The first-order chi connectivity index (χ1) is 9.45. The van der Waals surface area contributed by atoms with Crippen molar-refractivity contribution < 1.29 is 9.66 Å². The van der Waals surface area contributed by atoms with Gasteiger partial charge in [0, 0.05) is 12.5 Å². The van der Waals surface area contributed by atoms with E-state index >= 15 is 0 Å². The van der Waals surface area contributed by atoms with Gasteiger partial charge in [-0.1, -0.05) is 13.0 Å². The Morgan fingerprint density at radius 1 is 1.55 bits per heavy atom. The van der Waals surface area contributed by atoms with Crippen molar-refractivity contribution in [2.75, 3.05) is 13.7 Å². The summed E-state index contributed by atoms with van der Waals surface area (Å²) in [6.45, 7) is 3.92. The molecule has 0 amide bonds. The lowest BCUT2D eigenvalue weighted by molar-refractivity contribution is -0.385. The highest BCUT2D eigenvalue weighted by atomic mass is 16.6. The van der Waals surface area contributed by atoms with Crippen LogP contribution in [0.3, 0.4) is 0 Å². The maximum atomic E-state index is 11.0. The van der Waals surface area contributed by atoms with Gasteiger partial charge in [-0.15, -0.1) is 0 Å². The molecule has 0 bridgehead atoms. The van der Waals surface area contributed by atoms with Crippen molar-refractivity contribution in [2.24, 2.45) is 0 Å². The van der Waals surface area contributed by atoms with Gasteiger partial charge in [-0.3, -0.25) is 10.1 Å². The minimum absolute atomic E-state index is 0.0348. The third-order valence-corrected chi connectivity index (χ3v) is 3.29. The third-order valence-electron chi connectivity index (χ3n) is 3.29. The number of rotatable bonds is 7. The molecule has 6 heteroatoms. The lowest BCUT2D eigenvalue weighted by Gasteiger charge is -2.20. The summed E-state index contributed by atoms with van der Waals surface area (Å²) in [7, 11) is 1.70. The Balaban J connectivity index is 2.78. The lowest BCUT2D eigenvalue weighted by atomic mass is 10.0. The Morgan fingerprint density at radius 2 is 2.25 bits per heavy atom. The number of nitro groups is 1. The van der Waals surface area contributed by atoms with Gasteiger partial charge in [0.15, 0.2) is 5.75 Å². The number of ether oxygens (including phenoxy) is 1. The zero-order chi connectivity index (χ0) is 15.2. The largest absolute Gasteiger partial charge is 0.487 e. The fourth-order valence-electron chi connectivity index (χ4n) is 1.65. The van der Waals surface area contributed by atoms with Crippen LogP contribution in [-0.4, -0.2) is 24.1 Å². The molecule has 0 aliphatic carbocycles. The summed E-state index contributed by atoms with van der Waals surface area (Å²) in [6.07, 6.45) is 1.17. The Labute approximate surface area is 118 Å². The molecular formula is C14H19N3O3. The maximum absolute atomic E-state index is 11.0. The molecule has 0 saturated heterocycles. The van der Waals surface area contributed by atoms with Crippen LogP contribution in [0.15, 0.2) is 18.2 Å². The molecule has 0 aliphatic rings. The van der Waals surface area contributed by atoms with Crippen LogP contribution in [0.5, 0.6) is 5.75 Å². The summed E-state index contributed by atoms with van der Waals surface area (Å²) < 4.78 is 5.46. The van der Waals surface area contributed by atoms with Crippen LogP contribution in [-0.2, 0) is 6.42 Å². The topological polar surface area (TPSA) is 88.2 Å². The minimum atomic E-state index is -0.696. The lowest BCUT2D eigenvalue weighted by Crippen LogP contribution is -2.39. The van der Waals surface area contributed by atoms with Crippen molar-refractivity contribution in [1.29, 1.82) is 5.26 Å². The predicted molar refractivity (Wildman–Crippen MR) is 75.7 cm³/mol. The molecule has 0 fully saturated rings. The number of benzene rings is 1. The quantitative estimate of drug-likeness (QED) is 0.610. The Morgan fingerprint density at radius 3 is 2.75 bits per heavy atom. The van der Waals surface area contributed by atoms with E-state index in [4.69, 9.17) is 10.00 Å². The summed E-state index contributed by atoms with van der Waals surface area (Å²) in [6, 6.07) is 7.09. The van der Waals surface area contributed by atoms with Crippen LogP contribution in [0.4, 0.5) is 5.69 Å². The van der Waals surface area contributed by atoms with Crippen LogP contribution in [0, 0.1) is 21.4 Å². The monoisotopic (exact) mass is 277 g/mol. The van der Waals surface area contributed by atoms with E-state index in [1.807, 2.05) is 13.0 Å². The van der Waals surface area contributed by atoms with E-state index in [2.05, 4.69) is 11.4 Å². The van der Waals surface area contributed by atoms with E-state index in [-0.39, 0.29) is 18.0 Å². The van der Waals surface area contributed by atoms with E-state index < -0.39 is 10.5 Å². The number of hydrogen-bond donors (Lipinski definition) is 1. The molecule has 0 aromatic heterocycles. The van der Waals surface area contributed by atoms with Gasteiger partial charge in [-0.25, -0.2) is 0 Å². The smallest absolute Gasteiger partial charge is 0.311 e. The highest BCUT2D eigenvalue weighted by Gasteiger charge is 2.22. The fraction of sp³-hybridized carbons (Fsp3) is 0.500. The second kappa shape index (κ2) is 6.87. The zero-order valence-electron chi connectivity index (χ0n) is 12.0. The second-order valence-electron chi connectivity index (χ2n) is 4.71. The Bertz CT molecular complexity index is 525. The number of nitro benzene ring substituents is 1. The number of aryl methyl sites for hydroxylation is 1. The van der Waals surface area contributed by atoms with E-state index in [9.17, 15) is 10.1 Å². The predicted octanol–water partition coefficient (Wildman–Crippen LogP) is 2.43. The molecule has 1 aromatic rings. The fourth-order valence-corrected chi connectivity index (χ4v) is 1.65. The molecule has 0 heterocycles. The van der Waals surface area contributed by atoms with E-state index in [1.54, 1.807) is 20.0 Å². The molecule has 20 heavy (non-hydrogen) atoms. The molecule has 1 atom stereocenters. The third kappa shape index (κ3) is 3.93. The molecule has 1 aromatic carbocycles. The van der Waals surface area contributed by atoms with Crippen LogP contribution in [0.2, 0.25) is 0 Å². The first-order valence-corrected chi connectivity index (χ1v) is 6.46. The summed E-state index contributed by atoms with van der Waals surface area (Å²) in [4.78, 5) is 10.6. The molecule has 1 N–H and O–H groups in total. The molecule has 1 unspecified atom stereocenters. The Kier molecular flexibility index (Phi) is 5.47. The van der Waals surface area contributed by atoms with Crippen molar-refractivity contribution >= 4 is 5.69 Å². The molecule has 0 saturated carbocycles. The SMILES string of the molecule is CCc1ccc(OCCC(C)(C#N)NC)c([N+](=O)[O-])c1. The molecule has 0 aliphatic heterocycles. The molecule has 1 rings (SSSR count). The van der Waals surface area contributed by atoms with Crippen LogP contribution >= 0.6 is 0 Å². The van der Waals surface area contributed by atoms with Crippen molar-refractivity contribution in [3.05, 3.63) is 33.9 Å². The maximum Gasteiger partial charge on any atom is 0.311 e. The van der Waals surface area contributed by atoms with E-state index in [0.717, 1.165) is 12.0 Å². The summed E-state index contributed by atoms with van der Waals surface area (Å²) in [5.41, 5.74) is 0.159. The number of hydrogen-bond acceptors (Lipinski definition) is 5. The van der Waals surface area contributed by atoms with E-state index in [1.165, 1.54) is 6.07 Å². The normalized spacial score (nSPS) is 13.3. The van der Waals surface area contributed by atoms with Gasteiger partial charge in [0.25, 0.3) is 0 Å². The van der Waals surface area contributed by atoms with Crippen molar-refractivity contribution in [2.45, 2.75) is 32.2 Å². The van der Waals surface area contributed by atoms with Crippen molar-refractivity contribution in [1.82, 2.24) is 5.32 Å². The van der Waals surface area contributed by atoms with Gasteiger partial charge in [0.1, 0.15) is 5.54 Å². The molecule has 6 nitrogen and oxygen atoms in total. The van der Waals surface area contributed by atoms with Crippen LogP contribution < -0.4 is 10.1 Å². The number of nitriles is 1. The van der Waals surface area contributed by atoms with Gasteiger partial charge in [0.2, 0.25) is 0 Å². The van der Waals surface area contributed by atoms with Crippen molar-refractivity contribution in [3.8, 4) is 11.8 Å². The number of nitrogens with one attached hydrogen (secondary N) is 1. The summed E-state index contributed by atoms with van der Waals surface area (Å²) in [5.74, 6) is 0.239. The molecule has 108 valence electrons. The van der Waals surface area contributed by atoms with Crippen molar-refractivity contribution in [3.63, 3.8) is 0 Å². The van der Waals surface area contributed by atoms with Gasteiger partial charge in [-0.2, -0.15) is 5.26 Å². The van der Waals surface area contributed by atoms with Gasteiger partial charge < -0.3 is 10.1 Å². The van der Waals surface area contributed by atoms with Crippen LogP contribution in [0.1, 0.15) is 25.8 Å². The highest BCUT2D eigenvalue weighted by Crippen LogP contribution is 2.28. The van der Waals surface area contributed by atoms with Gasteiger partial charge >= 0.3 is 5.69 Å². The average molecular weight is 277 g/mol. The summed E-state index contributed by atoms with van der Waals surface area (Å²) >= 11 is 0. The first kappa shape index (κ1) is 15.9. The van der Waals surface area contributed by atoms with Gasteiger partial charge in [0.05, 0.1) is 17.6 Å². The number of nitrogens with zero attached hydrogens (tertiary/aromatic N) is 2. The second-order valence-corrected chi connectivity index (χ2v) is 4.71. The molecule has 0 spiro atoms. The zero-order valence-corrected chi connectivity index (χ0v) is 12.0. The summed E-state index contributed by atoms with van der Waals surface area (Å²) in [5, 5.41) is 22.9. The Hall–Kier alpha value is -2.13. The minimum Gasteiger partial charge on any atom is -0.487 e. The molecular weight excluding hydrogens is 258 g/mol. The van der Waals surface area contributed by atoms with Gasteiger partial charge in [-0.05, 0) is 32.0 Å². The average Bonchev–Trinajstić information content (AvgIpc) is 2.47. The first-order valence-electron chi connectivity index (χ1n) is 6.46. The van der Waals surface area contributed by atoms with Crippen LogP contribution in [0.25, 0.3) is 0 Å².